The maximum Gasteiger partial charge on any atom is 0.193 e. The van der Waals surface area contributed by atoms with Gasteiger partial charge in [-0.25, -0.2) is 8.42 Å². The van der Waals surface area contributed by atoms with Crippen molar-refractivity contribution >= 4 is 51.4 Å². The van der Waals surface area contributed by atoms with Crippen molar-refractivity contribution in [1.82, 2.24) is 10.2 Å². The Morgan fingerprint density at radius 3 is 2.29 bits per heavy atom. The van der Waals surface area contributed by atoms with Gasteiger partial charge in [-0.2, -0.15) is 0 Å². The third-order valence-electron chi connectivity index (χ3n) is 3.88. The second-order valence-corrected chi connectivity index (χ2v) is 8.49. The second kappa shape index (κ2) is 11.5. The number of sulfone groups is 1. The number of nitrogens with one attached hydrogen (secondary N) is 1. The van der Waals surface area contributed by atoms with Crippen LogP contribution in [0.2, 0.25) is 5.02 Å². The Balaban J connectivity index is 0.00000392. The summed E-state index contributed by atoms with van der Waals surface area (Å²) in [6, 6.07) is 14.0. The number of rotatable bonds is 7. The lowest BCUT2D eigenvalue weighted by atomic mass is 10.2. The van der Waals surface area contributed by atoms with Gasteiger partial charge in [-0.05, 0) is 42.0 Å². The van der Waals surface area contributed by atoms with E-state index in [2.05, 4.69) is 10.3 Å². The molecule has 0 aliphatic rings. The zero-order chi connectivity index (χ0) is 19.9. The Labute approximate surface area is 188 Å². The molecule has 2 aromatic rings. The number of ether oxygens (including phenoxy) is 1. The van der Waals surface area contributed by atoms with Crippen LogP contribution >= 0.6 is 35.6 Å². The van der Waals surface area contributed by atoms with Crippen molar-refractivity contribution < 1.29 is 13.2 Å². The first-order chi connectivity index (χ1) is 12.8. The molecule has 2 rings (SSSR count). The van der Waals surface area contributed by atoms with Gasteiger partial charge in [-0.1, -0.05) is 23.7 Å². The van der Waals surface area contributed by atoms with Gasteiger partial charge in [0.1, 0.15) is 12.4 Å². The predicted molar refractivity (Wildman–Crippen MR) is 125 cm³/mol. The van der Waals surface area contributed by atoms with Crippen LogP contribution in [0.1, 0.15) is 5.56 Å². The molecule has 6 nitrogen and oxygen atoms in total. The van der Waals surface area contributed by atoms with Gasteiger partial charge >= 0.3 is 0 Å². The third kappa shape index (κ3) is 7.84. The number of halogens is 2. The fourth-order valence-electron chi connectivity index (χ4n) is 2.36. The van der Waals surface area contributed by atoms with E-state index in [0.717, 1.165) is 17.3 Å². The molecule has 0 bridgehead atoms. The van der Waals surface area contributed by atoms with Crippen LogP contribution in [-0.4, -0.2) is 52.8 Å². The van der Waals surface area contributed by atoms with Crippen LogP contribution in [0.5, 0.6) is 5.75 Å². The van der Waals surface area contributed by atoms with Crippen LogP contribution in [0.3, 0.4) is 0 Å². The highest BCUT2D eigenvalue weighted by Gasteiger charge is 2.08. The number of hydrogen-bond donors (Lipinski definition) is 1. The van der Waals surface area contributed by atoms with E-state index in [0.29, 0.717) is 29.6 Å². The molecule has 0 unspecified atom stereocenters. The molecule has 2 aromatic carbocycles. The van der Waals surface area contributed by atoms with E-state index in [1.54, 1.807) is 43.4 Å². The minimum atomic E-state index is -3.18. The lowest BCUT2D eigenvalue weighted by molar-refractivity contribution is 0.281. The summed E-state index contributed by atoms with van der Waals surface area (Å²) in [5.74, 6) is 1.49. The molecule has 0 saturated heterocycles. The Morgan fingerprint density at radius 1 is 1.14 bits per heavy atom. The second-order valence-electron chi connectivity index (χ2n) is 6.04. The summed E-state index contributed by atoms with van der Waals surface area (Å²) in [5, 5.41) is 3.93. The topological polar surface area (TPSA) is 71.0 Å². The van der Waals surface area contributed by atoms with E-state index in [1.807, 2.05) is 24.1 Å². The number of benzene rings is 2. The molecule has 154 valence electrons. The first kappa shape index (κ1) is 24.5. The third-order valence-corrected chi connectivity index (χ3v) is 5.27. The number of hydrogen-bond acceptors (Lipinski definition) is 4. The first-order valence-electron chi connectivity index (χ1n) is 8.39. The number of guanidine groups is 1. The minimum absolute atomic E-state index is 0. The SMILES string of the molecule is CN=C(NCc1ccc(S(C)(=O)=O)cc1)N(C)CCOc1ccc(Cl)cc1.I. The fraction of sp³-hybridized carbons (Fsp3) is 0.316. The van der Waals surface area contributed by atoms with Gasteiger partial charge in [0, 0.05) is 31.9 Å². The first-order valence-corrected chi connectivity index (χ1v) is 10.7. The molecule has 0 fully saturated rings. The van der Waals surface area contributed by atoms with Crippen LogP contribution in [0.4, 0.5) is 0 Å². The van der Waals surface area contributed by atoms with Gasteiger partial charge in [-0.15, -0.1) is 24.0 Å². The largest absolute Gasteiger partial charge is 0.492 e. The molecule has 0 heterocycles. The molecule has 0 spiro atoms. The molecular weight excluding hydrogens is 513 g/mol. The van der Waals surface area contributed by atoms with E-state index in [1.165, 1.54) is 6.26 Å². The van der Waals surface area contributed by atoms with Crippen LogP contribution < -0.4 is 10.1 Å². The quantitative estimate of drug-likeness (QED) is 0.333. The van der Waals surface area contributed by atoms with E-state index >= 15 is 0 Å². The standard InChI is InChI=1S/C19H24ClN3O3S.HI/c1-21-19(22-14-15-4-10-18(11-5-15)27(3,24)25)23(2)12-13-26-17-8-6-16(20)7-9-17;/h4-11H,12-14H2,1-3H3,(H,21,22);1H. The highest BCUT2D eigenvalue weighted by molar-refractivity contribution is 14.0. The van der Waals surface area contributed by atoms with E-state index in [9.17, 15) is 8.42 Å². The molecule has 0 aliphatic carbocycles. The zero-order valence-electron chi connectivity index (χ0n) is 16.1. The van der Waals surface area contributed by atoms with Gasteiger partial charge < -0.3 is 15.0 Å². The van der Waals surface area contributed by atoms with Crippen molar-refractivity contribution in [1.29, 1.82) is 0 Å². The van der Waals surface area contributed by atoms with Crippen molar-refractivity contribution in [2.75, 3.05) is 33.5 Å². The van der Waals surface area contributed by atoms with E-state index in [4.69, 9.17) is 16.3 Å². The maximum absolute atomic E-state index is 11.5. The molecule has 0 atom stereocenters. The molecule has 1 N–H and O–H groups in total. The normalized spacial score (nSPS) is 11.5. The number of aliphatic imine (C=N–C) groups is 1. The lowest BCUT2D eigenvalue weighted by Crippen LogP contribution is -2.40. The average molecular weight is 538 g/mol. The van der Waals surface area contributed by atoms with Gasteiger partial charge in [0.25, 0.3) is 0 Å². The summed E-state index contributed by atoms with van der Waals surface area (Å²) in [7, 11) is 0.460. The predicted octanol–water partition coefficient (Wildman–Crippen LogP) is 3.45. The van der Waals surface area contributed by atoms with Gasteiger partial charge in [0.15, 0.2) is 15.8 Å². The summed E-state index contributed by atoms with van der Waals surface area (Å²) in [6.45, 7) is 1.69. The molecule has 0 aromatic heterocycles. The van der Waals surface area contributed by atoms with E-state index < -0.39 is 9.84 Å². The molecule has 0 amide bonds. The molecule has 0 saturated carbocycles. The van der Waals surface area contributed by atoms with Gasteiger partial charge in [0.2, 0.25) is 0 Å². The van der Waals surface area contributed by atoms with Crippen LogP contribution in [-0.2, 0) is 16.4 Å². The van der Waals surface area contributed by atoms with Crippen molar-refractivity contribution in [3.8, 4) is 5.75 Å². The van der Waals surface area contributed by atoms with Gasteiger partial charge in [-0.3, -0.25) is 4.99 Å². The Bertz CT molecular complexity index is 872. The van der Waals surface area contributed by atoms with Crippen molar-refractivity contribution in [2.24, 2.45) is 4.99 Å². The highest BCUT2D eigenvalue weighted by Crippen LogP contribution is 2.15. The van der Waals surface area contributed by atoms with Crippen molar-refractivity contribution in [3.05, 3.63) is 59.1 Å². The maximum atomic E-state index is 11.5. The lowest BCUT2D eigenvalue weighted by Gasteiger charge is -2.22. The summed E-state index contributed by atoms with van der Waals surface area (Å²) in [4.78, 5) is 6.53. The Kier molecular flexibility index (Phi) is 10.0. The van der Waals surface area contributed by atoms with Crippen molar-refractivity contribution in [2.45, 2.75) is 11.4 Å². The summed E-state index contributed by atoms with van der Waals surface area (Å²) >= 11 is 5.86. The summed E-state index contributed by atoms with van der Waals surface area (Å²) in [6.07, 6.45) is 1.20. The highest BCUT2D eigenvalue weighted by atomic mass is 127. The van der Waals surface area contributed by atoms with Crippen LogP contribution in [0.15, 0.2) is 58.4 Å². The van der Waals surface area contributed by atoms with Crippen molar-refractivity contribution in [3.63, 3.8) is 0 Å². The Hall–Kier alpha value is -1.52. The molecule has 0 radical (unpaired) electrons. The average Bonchev–Trinajstić information content (AvgIpc) is 2.63. The number of likely N-dealkylation sites (N-methyl/N-ethyl adjacent to an activating group) is 1. The molecule has 9 heteroatoms. The van der Waals surface area contributed by atoms with E-state index in [-0.39, 0.29) is 24.0 Å². The van der Waals surface area contributed by atoms with Crippen LogP contribution in [0.25, 0.3) is 0 Å². The molecule has 28 heavy (non-hydrogen) atoms. The number of nitrogens with zero attached hydrogens (tertiary/aromatic N) is 2. The summed E-state index contributed by atoms with van der Waals surface area (Å²) in [5.41, 5.74) is 0.967. The smallest absolute Gasteiger partial charge is 0.193 e. The summed E-state index contributed by atoms with van der Waals surface area (Å²) < 4.78 is 28.7. The molecule has 0 aliphatic heterocycles. The Morgan fingerprint density at radius 2 is 1.75 bits per heavy atom. The monoisotopic (exact) mass is 537 g/mol. The zero-order valence-corrected chi connectivity index (χ0v) is 20.0. The fourth-order valence-corrected chi connectivity index (χ4v) is 3.11. The molecular formula is C19H25ClIN3O3S. The van der Waals surface area contributed by atoms with Crippen LogP contribution in [0, 0.1) is 0 Å². The minimum Gasteiger partial charge on any atom is -0.492 e. The van der Waals surface area contributed by atoms with Gasteiger partial charge in [0.05, 0.1) is 11.4 Å².